The Morgan fingerprint density at radius 1 is 0.952 bits per heavy atom. The molecule has 1 atom stereocenters. The van der Waals surface area contributed by atoms with Crippen LogP contribution in [-0.4, -0.2) is 35.3 Å². The van der Waals surface area contributed by atoms with E-state index in [1.54, 1.807) is 0 Å². The van der Waals surface area contributed by atoms with Crippen LogP contribution in [-0.2, 0) is 13.6 Å². The first-order valence-corrected chi connectivity index (χ1v) is 13.5. The van der Waals surface area contributed by atoms with E-state index in [0.717, 1.165) is 0 Å². The van der Waals surface area contributed by atoms with Gasteiger partial charge in [0.25, 0.3) is 8.32 Å². The SMILES string of the molecule is CC(C)(C)[Si](C)(C)OCC(N)C(=O)O[Si](C)(C)C(C)(C)C. The average molecular weight is 334 g/mol. The lowest BCUT2D eigenvalue weighted by atomic mass is 10.2. The second kappa shape index (κ2) is 6.52. The van der Waals surface area contributed by atoms with Crippen molar-refractivity contribution >= 4 is 22.6 Å². The highest BCUT2D eigenvalue weighted by Gasteiger charge is 2.42. The smallest absolute Gasteiger partial charge is 0.311 e. The Kier molecular flexibility index (Phi) is 6.46. The van der Waals surface area contributed by atoms with Crippen LogP contribution >= 0.6 is 0 Å². The van der Waals surface area contributed by atoms with Gasteiger partial charge in [0.2, 0.25) is 0 Å². The maximum absolute atomic E-state index is 12.2. The van der Waals surface area contributed by atoms with Crippen LogP contribution in [0, 0.1) is 0 Å². The first-order chi connectivity index (χ1) is 9.01. The Labute approximate surface area is 133 Å². The van der Waals surface area contributed by atoms with Gasteiger partial charge in [0, 0.05) is 0 Å². The monoisotopic (exact) mass is 333 g/mol. The van der Waals surface area contributed by atoms with Crippen LogP contribution < -0.4 is 5.73 Å². The van der Waals surface area contributed by atoms with Crippen LogP contribution in [0.2, 0.25) is 36.3 Å². The Morgan fingerprint density at radius 2 is 1.33 bits per heavy atom. The summed E-state index contributed by atoms with van der Waals surface area (Å²) >= 11 is 0. The van der Waals surface area contributed by atoms with Gasteiger partial charge >= 0.3 is 5.97 Å². The van der Waals surface area contributed by atoms with Crippen molar-refractivity contribution in [1.29, 1.82) is 0 Å². The van der Waals surface area contributed by atoms with Crippen molar-refractivity contribution in [1.82, 2.24) is 0 Å². The topological polar surface area (TPSA) is 61.5 Å². The van der Waals surface area contributed by atoms with Crippen molar-refractivity contribution < 1.29 is 13.6 Å². The molecule has 2 N–H and O–H groups in total. The molecule has 0 saturated heterocycles. The minimum Gasteiger partial charge on any atom is -0.518 e. The quantitative estimate of drug-likeness (QED) is 0.775. The summed E-state index contributed by atoms with van der Waals surface area (Å²) in [6, 6.07) is -0.701. The highest BCUT2D eigenvalue weighted by Crippen LogP contribution is 2.37. The van der Waals surface area contributed by atoms with Gasteiger partial charge in [0.15, 0.2) is 8.32 Å². The van der Waals surface area contributed by atoms with Crippen molar-refractivity contribution in [3.63, 3.8) is 0 Å². The number of hydrogen-bond acceptors (Lipinski definition) is 4. The summed E-state index contributed by atoms with van der Waals surface area (Å²) in [5.74, 6) is -0.333. The number of carbonyl (C=O) groups is 1. The lowest BCUT2D eigenvalue weighted by Gasteiger charge is -2.38. The lowest BCUT2D eigenvalue weighted by Crippen LogP contribution is -2.50. The number of carbonyl (C=O) groups excluding carboxylic acids is 1. The van der Waals surface area contributed by atoms with Gasteiger partial charge in [-0.3, -0.25) is 4.79 Å². The maximum atomic E-state index is 12.2. The normalized spacial score (nSPS) is 15.8. The van der Waals surface area contributed by atoms with Gasteiger partial charge in [-0.15, -0.1) is 0 Å². The number of hydrogen-bond donors (Lipinski definition) is 1. The van der Waals surface area contributed by atoms with Gasteiger partial charge in [-0.2, -0.15) is 0 Å². The van der Waals surface area contributed by atoms with Gasteiger partial charge in [-0.25, -0.2) is 0 Å². The molecule has 0 aliphatic carbocycles. The van der Waals surface area contributed by atoms with Crippen molar-refractivity contribution in [2.24, 2.45) is 5.73 Å². The third-order valence-electron chi connectivity index (χ3n) is 4.89. The predicted octanol–water partition coefficient (Wildman–Crippen LogP) is 3.88. The molecule has 1 unspecified atom stereocenters. The molecule has 0 bridgehead atoms. The molecule has 21 heavy (non-hydrogen) atoms. The minimum absolute atomic E-state index is 0.0112. The standard InChI is InChI=1S/C15H35NO3Si2/c1-14(2,3)20(7,8)18-11-12(16)13(17)19-21(9,10)15(4,5)6/h12H,11,16H2,1-10H3. The first-order valence-electron chi connectivity index (χ1n) is 7.64. The highest BCUT2D eigenvalue weighted by atomic mass is 28.4. The Morgan fingerprint density at radius 3 is 1.67 bits per heavy atom. The molecule has 0 aromatic rings. The third kappa shape index (κ3) is 5.85. The molecule has 0 aliphatic heterocycles. The third-order valence-corrected chi connectivity index (χ3v) is 13.7. The summed E-state index contributed by atoms with van der Waals surface area (Å²) in [5.41, 5.74) is 5.96. The van der Waals surface area contributed by atoms with E-state index in [-0.39, 0.29) is 22.7 Å². The van der Waals surface area contributed by atoms with Crippen LogP contribution in [0.3, 0.4) is 0 Å². The molecule has 0 spiro atoms. The van der Waals surface area contributed by atoms with E-state index in [1.165, 1.54) is 0 Å². The summed E-state index contributed by atoms with van der Waals surface area (Å²) < 4.78 is 11.7. The van der Waals surface area contributed by atoms with Crippen LogP contribution in [0.1, 0.15) is 41.5 Å². The fourth-order valence-electron chi connectivity index (χ4n) is 1.06. The first kappa shape index (κ1) is 20.8. The molecule has 6 heteroatoms. The van der Waals surface area contributed by atoms with Gasteiger partial charge in [-0.1, -0.05) is 41.5 Å². The Hall–Kier alpha value is -0.176. The largest absolute Gasteiger partial charge is 0.518 e. The summed E-state index contributed by atoms with van der Waals surface area (Å²) in [4.78, 5) is 12.2. The van der Waals surface area contributed by atoms with E-state index < -0.39 is 22.7 Å². The number of nitrogens with two attached hydrogens (primary N) is 1. The molecule has 4 nitrogen and oxygen atoms in total. The molecule has 0 radical (unpaired) electrons. The van der Waals surface area contributed by atoms with E-state index in [2.05, 4.69) is 54.6 Å². The van der Waals surface area contributed by atoms with E-state index in [0.29, 0.717) is 0 Å². The lowest BCUT2D eigenvalue weighted by molar-refractivity contribution is -0.137. The van der Waals surface area contributed by atoms with Crippen LogP contribution in [0.25, 0.3) is 0 Å². The summed E-state index contributed by atoms with van der Waals surface area (Å²) in [7, 11) is -4.00. The molecule has 0 fully saturated rings. The molecule has 126 valence electrons. The van der Waals surface area contributed by atoms with E-state index in [9.17, 15) is 4.79 Å². The van der Waals surface area contributed by atoms with Crippen LogP contribution in [0.5, 0.6) is 0 Å². The van der Waals surface area contributed by atoms with Crippen molar-refractivity contribution in [2.75, 3.05) is 6.61 Å². The van der Waals surface area contributed by atoms with Crippen molar-refractivity contribution in [2.45, 2.75) is 83.8 Å². The van der Waals surface area contributed by atoms with Crippen LogP contribution in [0.15, 0.2) is 0 Å². The zero-order valence-corrected chi connectivity index (χ0v) is 17.6. The predicted molar refractivity (Wildman–Crippen MR) is 94.4 cm³/mol. The fourth-order valence-corrected chi connectivity index (χ4v) is 3.05. The van der Waals surface area contributed by atoms with Crippen molar-refractivity contribution in [3.8, 4) is 0 Å². The minimum atomic E-state index is -2.12. The average Bonchev–Trinajstić information content (AvgIpc) is 2.21. The Balaban J connectivity index is 4.63. The van der Waals surface area contributed by atoms with Gasteiger partial charge in [0.1, 0.15) is 6.04 Å². The molecule has 0 aromatic carbocycles. The van der Waals surface area contributed by atoms with Gasteiger partial charge < -0.3 is 14.6 Å². The summed E-state index contributed by atoms with van der Waals surface area (Å²) in [6.45, 7) is 21.4. The zero-order chi connectivity index (χ0) is 17.3. The second-order valence-electron chi connectivity index (χ2n) is 8.86. The van der Waals surface area contributed by atoms with Crippen molar-refractivity contribution in [3.05, 3.63) is 0 Å². The van der Waals surface area contributed by atoms with E-state index in [1.807, 2.05) is 13.1 Å². The summed E-state index contributed by atoms with van der Waals surface area (Å²) in [5, 5.41) is 0.0960. The number of rotatable bonds is 5. The molecule has 0 amide bonds. The maximum Gasteiger partial charge on any atom is 0.311 e. The highest BCUT2D eigenvalue weighted by molar-refractivity contribution is 6.75. The molecule has 0 saturated carbocycles. The molecular weight excluding hydrogens is 298 g/mol. The van der Waals surface area contributed by atoms with E-state index in [4.69, 9.17) is 14.6 Å². The fraction of sp³-hybridized carbons (Fsp3) is 0.933. The van der Waals surface area contributed by atoms with Crippen LogP contribution in [0.4, 0.5) is 0 Å². The Bertz CT molecular complexity index is 368. The van der Waals surface area contributed by atoms with E-state index >= 15 is 0 Å². The molecule has 0 heterocycles. The molecule has 0 rings (SSSR count). The van der Waals surface area contributed by atoms with Gasteiger partial charge in [0.05, 0.1) is 6.61 Å². The summed E-state index contributed by atoms with van der Waals surface area (Å²) in [6.07, 6.45) is 0. The second-order valence-corrected chi connectivity index (χ2v) is 18.4. The zero-order valence-electron chi connectivity index (χ0n) is 15.6. The molecule has 0 aliphatic rings. The molecule has 0 aromatic heterocycles. The molecular formula is C15H35NO3Si2. The van der Waals surface area contributed by atoms with Gasteiger partial charge in [-0.05, 0) is 36.3 Å².